The van der Waals surface area contributed by atoms with Crippen LogP contribution in [0.15, 0.2) is 18.2 Å². The fourth-order valence-electron chi connectivity index (χ4n) is 2.46. The minimum Gasteiger partial charge on any atom is -0.373 e. The molecule has 1 aliphatic rings. The number of amides is 1. The van der Waals surface area contributed by atoms with Gasteiger partial charge in [0.05, 0.1) is 24.9 Å². The second kappa shape index (κ2) is 7.52. The van der Waals surface area contributed by atoms with Gasteiger partial charge in [0.25, 0.3) is 5.91 Å². The molecule has 0 radical (unpaired) electrons. The molecule has 2 N–H and O–H groups in total. The molecule has 4 nitrogen and oxygen atoms in total. The molecule has 116 valence electrons. The van der Waals surface area contributed by atoms with Crippen LogP contribution in [0.25, 0.3) is 0 Å². The molecule has 2 unspecified atom stereocenters. The van der Waals surface area contributed by atoms with Crippen molar-refractivity contribution in [2.75, 3.05) is 13.2 Å². The van der Waals surface area contributed by atoms with Crippen molar-refractivity contribution in [3.63, 3.8) is 0 Å². The summed E-state index contributed by atoms with van der Waals surface area (Å²) in [5.41, 5.74) is 5.65. The van der Waals surface area contributed by atoms with Crippen LogP contribution in [0.3, 0.4) is 0 Å². The third kappa shape index (κ3) is 4.25. The van der Waals surface area contributed by atoms with Gasteiger partial charge < -0.3 is 15.2 Å². The second-order valence-corrected chi connectivity index (χ2v) is 5.38. The van der Waals surface area contributed by atoms with Crippen LogP contribution in [0, 0.1) is 5.82 Å². The average molecular weight is 295 g/mol. The molecule has 1 heterocycles. The summed E-state index contributed by atoms with van der Waals surface area (Å²) < 4.78 is 25.3. The van der Waals surface area contributed by atoms with E-state index in [1.807, 2.05) is 0 Å². The molecule has 5 heteroatoms. The zero-order chi connectivity index (χ0) is 15.2. The third-order valence-corrected chi connectivity index (χ3v) is 3.73. The van der Waals surface area contributed by atoms with E-state index in [1.165, 1.54) is 25.0 Å². The normalized spacial score (nSPS) is 22.2. The first kappa shape index (κ1) is 15.9. The summed E-state index contributed by atoms with van der Waals surface area (Å²) in [7, 11) is 0. The van der Waals surface area contributed by atoms with Crippen LogP contribution in [0.1, 0.15) is 54.6 Å². The molecular weight excluding hydrogens is 273 g/mol. The van der Waals surface area contributed by atoms with E-state index in [9.17, 15) is 9.18 Å². The Kier molecular flexibility index (Phi) is 5.70. The summed E-state index contributed by atoms with van der Waals surface area (Å²) in [5.74, 6) is -1.38. The number of nitrogens with two attached hydrogens (primary N) is 1. The minimum atomic E-state index is -0.768. The van der Waals surface area contributed by atoms with E-state index < -0.39 is 11.7 Å². The largest absolute Gasteiger partial charge is 0.373 e. The van der Waals surface area contributed by atoms with Gasteiger partial charge in [-0.05, 0) is 24.1 Å². The third-order valence-electron chi connectivity index (χ3n) is 3.73. The summed E-state index contributed by atoms with van der Waals surface area (Å²) in [6, 6.07) is 4.35. The fraction of sp³-hybridized carbons (Fsp3) is 0.562. The average Bonchev–Trinajstić information content (AvgIpc) is 2.48. The van der Waals surface area contributed by atoms with E-state index in [0.717, 1.165) is 12.8 Å². The Morgan fingerprint density at radius 1 is 1.33 bits per heavy atom. The second-order valence-electron chi connectivity index (χ2n) is 5.38. The summed E-state index contributed by atoms with van der Waals surface area (Å²) in [4.78, 5) is 11.0. The maximum atomic E-state index is 13.7. The van der Waals surface area contributed by atoms with Crippen molar-refractivity contribution in [2.45, 2.75) is 44.8 Å². The van der Waals surface area contributed by atoms with E-state index in [2.05, 4.69) is 6.92 Å². The summed E-state index contributed by atoms with van der Waals surface area (Å²) in [6.45, 7) is 3.10. The quantitative estimate of drug-likeness (QED) is 0.821. The lowest BCUT2D eigenvalue weighted by Gasteiger charge is -2.30. The Bertz CT molecular complexity index is 484. The molecule has 21 heavy (non-hydrogen) atoms. The molecule has 1 fully saturated rings. The van der Waals surface area contributed by atoms with Gasteiger partial charge in [-0.25, -0.2) is 4.39 Å². The molecule has 0 aliphatic carbocycles. The lowest BCUT2D eigenvalue weighted by atomic mass is 10.0. The van der Waals surface area contributed by atoms with E-state index in [1.54, 1.807) is 6.07 Å². The van der Waals surface area contributed by atoms with Crippen LogP contribution in [0.4, 0.5) is 4.39 Å². The molecule has 1 aromatic rings. The Morgan fingerprint density at radius 2 is 2.14 bits per heavy atom. The van der Waals surface area contributed by atoms with Crippen LogP contribution < -0.4 is 5.73 Å². The maximum absolute atomic E-state index is 13.7. The molecule has 1 aliphatic heterocycles. The van der Waals surface area contributed by atoms with Gasteiger partial charge in [0, 0.05) is 0 Å². The van der Waals surface area contributed by atoms with Gasteiger partial charge in [0.2, 0.25) is 0 Å². The van der Waals surface area contributed by atoms with Crippen LogP contribution in [-0.2, 0) is 9.47 Å². The van der Waals surface area contributed by atoms with Crippen molar-refractivity contribution in [3.05, 3.63) is 35.1 Å². The highest BCUT2D eigenvalue weighted by Gasteiger charge is 2.24. The molecule has 1 aromatic carbocycles. The van der Waals surface area contributed by atoms with Crippen molar-refractivity contribution in [1.82, 2.24) is 0 Å². The molecule has 1 amide bonds. The minimum absolute atomic E-state index is 0.104. The van der Waals surface area contributed by atoms with Crippen LogP contribution in [-0.4, -0.2) is 25.2 Å². The van der Waals surface area contributed by atoms with E-state index in [0.29, 0.717) is 18.8 Å². The maximum Gasteiger partial charge on any atom is 0.251 e. The molecular formula is C16H22FNO3. The Morgan fingerprint density at radius 3 is 2.71 bits per heavy atom. The van der Waals surface area contributed by atoms with Crippen molar-refractivity contribution < 1.29 is 18.7 Å². The zero-order valence-corrected chi connectivity index (χ0v) is 12.3. The summed E-state index contributed by atoms with van der Waals surface area (Å²) >= 11 is 0. The Balaban J connectivity index is 1.90. The molecule has 1 saturated heterocycles. The van der Waals surface area contributed by atoms with Gasteiger partial charge in [-0.3, -0.25) is 4.79 Å². The number of rotatable bonds is 6. The fourth-order valence-corrected chi connectivity index (χ4v) is 2.46. The summed E-state index contributed by atoms with van der Waals surface area (Å²) in [6.07, 6.45) is 4.35. The van der Waals surface area contributed by atoms with Crippen molar-refractivity contribution in [1.29, 1.82) is 0 Å². The first-order valence-electron chi connectivity index (χ1n) is 7.44. The highest BCUT2D eigenvalue weighted by atomic mass is 19.1. The van der Waals surface area contributed by atoms with Gasteiger partial charge in [-0.2, -0.15) is 0 Å². The number of hydrogen-bond donors (Lipinski definition) is 1. The van der Waals surface area contributed by atoms with E-state index in [4.69, 9.17) is 15.2 Å². The van der Waals surface area contributed by atoms with Gasteiger partial charge in [-0.1, -0.05) is 32.3 Å². The number of carbonyl (C=O) groups excluding carboxylic acids is 1. The predicted octanol–water partition coefficient (Wildman–Crippen LogP) is 2.96. The number of hydrogen-bond acceptors (Lipinski definition) is 3. The van der Waals surface area contributed by atoms with E-state index >= 15 is 0 Å². The number of halogens is 1. The predicted molar refractivity (Wildman–Crippen MR) is 77.5 cm³/mol. The van der Waals surface area contributed by atoms with Gasteiger partial charge >= 0.3 is 0 Å². The first-order valence-corrected chi connectivity index (χ1v) is 7.44. The standard InChI is InChI=1S/C16H22FNO3/c1-2-3-4-5-12-9-21-15(10-20-12)11-6-7-13(16(18)19)14(17)8-11/h6-8,12,15H,2-5,9-10H2,1H3,(H2,18,19). The number of unbranched alkanes of at least 4 members (excludes halogenated alkanes) is 2. The molecule has 0 saturated carbocycles. The molecule has 2 atom stereocenters. The lowest BCUT2D eigenvalue weighted by Crippen LogP contribution is -2.31. The summed E-state index contributed by atoms with van der Waals surface area (Å²) in [5, 5.41) is 0. The van der Waals surface area contributed by atoms with Crippen molar-refractivity contribution in [2.24, 2.45) is 5.73 Å². The molecule has 0 spiro atoms. The number of ether oxygens (including phenoxy) is 2. The first-order chi connectivity index (χ1) is 10.1. The van der Waals surface area contributed by atoms with Gasteiger partial charge in [0.15, 0.2) is 0 Å². The number of primary amides is 1. The monoisotopic (exact) mass is 295 g/mol. The molecule has 2 rings (SSSR count). The highest BCUT2D eigenvalue weighted by Crippen LogP contribution is 2.26. The molecule has 0 aromatic heterocycles. The van der Waals surface area contributed by atoms with Crippen LogP contribution >= 0.6 is 0 Å². The van der Waals surface area contributed by atoms with Crippen LogP contribution in [0.5, 0.6) is 0 Å². The highest BCUT2D eigenvalue weighted by molar-refractivity contribution is 5.93. The number of benzene rings is 1. The number of carbonyl (C=O) groups is 1. The Hall–Kier alpha value is -1.46. The SMILES string of the molecule is CCCCCC1COC(c2ccc(C(N)=O)c(F)c2)CO1. The molecule has 0 bridgehead atoms. The van der Waals surface area contributed by atoms with Gasteiger partial charge in [0.1, 0.15) is 11.9 Å². The van der Waals surface area contributed by atoms with Crippen molar-refractivity contribution >= 4 is 5.91 Å². The zero-order valence-electron chi connectivity index (χ0n) is 12.3. The van der Waals surface area contributed by atoms with Crippen molar-refractivity contribution in [3.8, 4) is 0 Å². The topological polar surface area (TPSA) is 61.5 Å². The Labute approximate surface area is 124 Å². The smallest absolute Gasteiger partial charge is 0.251 e. The lowest BCUT2D eigenvalue weighted by molar-refractivity contribution is -0.137. The van der Waals surface area contributed by atoms with Gasteiger partial charge in [-0.15, -0.1) is 0 Å². The van der Waals surface area contributed by atoms with E-state index in [-0.39, 0.29) is 17.8 Å². The van der Waals surface area contributed by atoms with Crippen LogP contribution in [0.2, 0.25) is 0 Å².